The fourth-order valence-corrected chi connectivity index (χ4v) is 0.848. The number of sulfonamides is 1. The zero-order valence-electron chi connectivity index (χ0n) is 5.99. The standard InChI is InChI=1S/C4H12N2O2S.ClH/c1-4(5)3-6-9(2,7)8;/h4,6H,3,5H2,1-2H3;1H. The van der Waals surface area contributed by atoms with Crippen LogP contribution in [0.4, 0.5) is 0 Å². The average molecular weight is 189 g/mol. The van der Waals surface area contributed by atoms with Crippen molar-refractivity contribution >= 4 is 22.4 Å². The van der Waals surface area contributed by atoms with Gasteiger partial charge in [0.25, 0.3) is 0 Å². The van der Waals surface area contributed by atoms with E-state index in [9.17, 15) is 8.42 Å². The van der Waals surface area contributed by atoms with Gasteiger partial charge in [0.2, 0.25) is 10.0 Å². The summed E-state index contributed by atoms with van der Waals surface area (Å²) in [5.74, 6) is 0. The fraction of sp³-hybridized carbons (Fsp3) is 1.00. The first-order valence-corrected chi connectivity index (χ1v) is 4.51. The number of hydrogen-bond acceptors (Lipinski definition) is 3. The highest BCUT2D eigenvalue weighted by atomic mass is 35.5. The molecular weight excluding hydrogens is 176 g/mol. The Hall–Kier alpha value is 0.160. The monoisotopic (exact) mass is 188 g/mol. The van der Waals surface area contributed by atoms with Crippen LogP contribution in [0.25, 0.3) is 0 Å². The van der Waals surface area contributed by atoms with E-state index in [4.69, 9.17) is 5.73 Å². The van der Waals surface area contributed by atoms with Crippen LogP contribution in [0.2, 0.25) is 0 Å². The number of rotatable bonds is 3. The predicted octanol–water partition coefficient (Wildman–Crippen LogP) is -0.695. The van der Waals surface area contributed by atoms with Gasteiger partial charge in [0.05, 0.1) is 6.26 Å². The molecule has 0 amide bonds. The Balaban J connectivity index is 0. The summed E-state index contributed by atoms with van der Waals surface area (Å²) in [6.45, 7) is 2.04. The van der Waals surface area contributed by atoms with Crippen LogP contribution >= 0.6 is 12.4 Å². The van der Waals surface area contributed by atoms with Gasteiger partial charge < -0.3 is 5.73 Å². The van der Waals surface area contributed by atoms with E-state index in [2.05, 4.69) is 4.72 Å². The molecule has 0 saturated carbocycles. The van der Waals surface area contributed by atoms with Gasteiger partial charge in [-0.1, -0.05) is 0 Å². The molecule has 6 heteroatoms. The van der Waals surface area contributed by atoms with Gasteiger partial charge in [-0.05, 0) is 6.92 Å². The van der Waals surface area contributed by atoms with Crippen molar-refractivity contribution in [2.24, 2.45) is 5.73 Å². The number of nitrogens with two attached hydrogens (primary N) is 1. The molecule has 0 bridgehead atoms. The van der Waals surface area contributed by atoms with Crippen LogP contribution in [0.3, 0.4) is 0 Å². The summed E-state index contributed by atoms with van der Waals surface area (Å²) in [7, 11) is -3.05. The molecule has 0 saturated heterocycles. The van der Waals surface area contributed by atoms with E-state index >= 15 is 0 Å². The lowest BCUT2D eigenvalue weighted by atomic mass is 10.4. The molecule has 0 aromatic carbocycles. The minimum absolute atomic E-state index is 0. The van der Waals surface area contributed by atoms with E-state index in [1.165, 1.54) is 0 Å². The Bertz CT molecular complexity index is 166. The molecule has 10 heavy (non-hydrogen) atoms. The smallest absolute Gasteiger partial charge is 0.208 e. The summed E-state index contributed by atoms with van der Waals surface area (Å²) >= 11 is 0. The second kappa shape index (κ2) is 4.90. The van der Waals surface area contributed by atoms with Gasteiger partial charge in [0.1, 0.15) is 0 Å². The predicted molar refractivity (Wildman–Crippen MR) is 43.7 cm³/mol. The van der Waals surface area contributed by atoms with Gasteiger partial charge in [-0.2, -0.15) is 0 Å². The minimum atomic E-state index is -3.05. The molecule has 64 valence electrons. The van der Waals surface area contributed by atoms with Crippen LogP contribution < -0.4 is 10.5 Å². The molecule has 0 spiro atoms. The van der Waals surface area contributed by atoms with Crippen molar-refractivity contribution in [2.45, 2.75) is 13.0 Å². The summed E-state index contributed by atoms with van der Waals surface area (Å²) in [5.41, 5.74) is 5.27. The molecule has 0 heterocycles. The number of hydrogen-bond donors (Lipinski definition) is 2. The minimum Gasteiger partial charge on any atom is -0.327 e. The summed E-state index contributed by atoms with van der Waals surface area (Å²) in [6.07, 6.45) is 1.11. The molecule has 0 rings (SSSR count). The Labute approximate surface area is 67.6 Å². The Morgan fingerprint density at radius 1 is 1.60 bits per heavy atom. The van der Waals surface area contributed by atoms with Crippen molar-refractivity contribution in [1.29, 1.82) is 0 Å². The topological polar surface area (TPSA) is 72.2 Å². The number of halogens is 1. The molecular formula is C4H13ClN2O2S. The van der Waals surface area contributed by atoms with Crippen molar-refractivity contribution in [3.63, 3.8) is 0 Å². The molecule has 0 fully saturated rings. The third kappa shape index (κ3) is 11.0. The zero-order valence-corrected chi connectivity index (χ0v) is 7.63. The highest BCUT2D eigenvalue weighted by Gasteiger charge is 2.00. The second-order valence-electron chi connectivity index (χ2n) is 2.10. The Morgan fingerprint density at radius 3 is 2.10 bits per heavy atom. The maximum absolute atomic E-state index is 10.4. The third-order valence-corrected chi connectivity index (χ3v) is 1.36. The van der Waals surface area contributed by atoms with E-state index in [1.54, 1.807) is 6.92 Å². The molecule has 0 aliphatic heterocycles. The summed E-state index contributed by atoms with van der Waals surface area (Å²) in [6, 6.07) is -0.125. The first-order valence-electron chi connectivity index (χ1n) is 2.62. The largest absolute Gasteiger partial charge is 0.327 e. The number of nitrogens with one attached hydrogen (secondary N) is 1. The van der Waals surface area contributed by atoms with Gasteiger partial charge in [-0.3, -0.25) is 0 Å². The van der Waals surface area contributed by atoms with Crippen LogP contribution in [-0.4, -0.2) is 27.3 Å². The van der Waals surface area contributed by atoms with Crippen LogP contribution in [0.1, 0.15) is 6.92 Å². The van der Waals surface area contributed by atoms with E-state index in [-0.39, 0.29) is 18.4 Å². The maximum Gasteiger partial charge on any atom is 0.208 e. The molecule has 1 atom stereocenters. The highest BCUT2D eigenvalue weighted by molar-refractivity contribution is 7.88. The van der Waals surface area contributed by atoms with Crippen molar-refractivity contribution in [3.8, 4) is 0 Å². The first kappa shape index (κ1) is 12.8. The van der Waals surface area contributed by atoms with Crippen LogP contribution in [-0.2, 0) is 10.0 Å². The lowest BCUT2D eigenvalue weighted by Crippen LogP contribution is -2.34. The van der Waals surface area contributed by atoms with Crippen LogP contribution in [0, 0.1) is 0 Å². The normalized spacial score (nSPS) is 13.9. The van der Waals surface area contributed by atoms with Gasteiger partial charge in [0, 0.05) is 12.6 Å². The van der Waals surface area contributed by atoms with E-state index in [0.717, 1.165) is 6.26 Å². The lowest BCUT2D eigenvalue weighted by Gasteiger charge is -2.03. The molecule has 0 aromatic heterocycles. The van der Waals surface area contributed by atoms with Gasteiger partial charge in [0.15, 0.2) is 0 Å². The van der Waals surface area contributed by atoms with E-state index in [0.29, 0.717) is 6.54 Å². The van der Waals surface area contributed by atoms with Crippen molar-refractivity contribution < 1.29 is 8.42 Å². The SMILES string of the molecule is CC(N)CNS(C)(=O)=O.Cl. The molecule has 1 unspecified atom stereocenters. The summed E-state index contributed by atoms with van der Waals surface area (Å²) in [5, 5.41) is 0. The second-order valence-corrected chi connectivity index (χ2v) is 3.93. The first-order chi connectivity index (χ1) is 3.92. The van der Waals surface area contributed by atoms with Crippen LogP contribution in [0.15, 0.2) is 0 Å². The van der Waals surface area contributed by atoms with Gasteiger partial charge >= 0.3 is 0 Å². The van der Waals surface area contributed by atoms with Crippen molar-refractivity contribution in [2.75, 3.05) is 12.8 Å². The van der Waals surface area contributed by atoms with Gasteiger partial charge in [-0.15, -0.1) is 12.4 Å². The molecule has 3 N–H and O–H groups in total. The summed E-state index contributed by atoms with van der Waals surface area (Å²) < 4.78 is 23.0. The Kier molecular flexibility index (Phi) is 6.27. The van der Waals surface area contributed by atoms with Crippen LogP contribution in [0.5, 0.6) is 0 Å². The van der Waals surface area contributed by atoms with E-state index in [1.807, 2.05) is 0 Å². The molecule has 4 nitrogen and oxygen atoms in total. The van der Waals surface area contributed by atoms with Crippen molar-refractivity contribution in [1.82, 2.24) is 4.72 Å². The van der Waals surface area contributed by atoms with Crippen molar-refractivity contribution in [3.05, 3.63) is 0 Å². The Morgan fingerprint density at radius 2 is 2.00 bits per heavy atom. The quantitative estimate of drug-likeness (QED) is 0.616. The van der Waals surface area contributed by atoms with Gasteiger partial charge in [-0.25, -0.2) is 13.1 Å². The molecule has 0 aliphatic carbocycles. The lowest BCUT2D eigenvalue weighted by molar-refractivity contribution is 0.580. The maximum atomic E-state index is 10.4. The highest BCUT2D eigenvalue weighted by Crippen LogP contribution is 1.75. The summed E-state index contributed by atoms with van der Waals surface area (Å²) in [4.78, 5) is 0. The molecule has 0 radical (unpaired) electrons. The average Bonchev–Trinajstić information content (AvgIpc) is 1.59. The molecule has 0 aliphatic rings. The molecule has 0 aromatic rings. The fourth-order valence-electron chi connectivity index (χ4n) is 0.283. The zero-order chi connectivity index (χ0) is 7.49. The van der Waals surface area contributed by atoms with E-state index < -0.39 is 10.0 Å². The third-order valence-electron chi connectivity index (χ3n) is 0.667.